The van der Waals surface area contributed by atoms with E-state index >= 15 is 0 Å². The minimum atomic E-state index is -4.74. The first-order valence-corrected chi connectivity index (χ1v) is 5.90. The average molecular weight is 240 g/mol. The SMILES string of the molecule is Cn1cc(S(=O)(=O)F)c(-c2ccccc2)n1. The molecule has 2 rings (SSSR count). The van der Waals surface area contributed by atoms with Crippen molar-refractivity contribution in [2.24, 2.45) is 7.05 Å². The zero-order valence-electron chi connectivity index (χ0n) is 8.46. The molecule has 0 fully saturated rings. The van der Waals surface area contributed by atoms with Crippen molar-refractivity contribution in [3.05, 3.63) is 36.5 Å². The van der Waals surface area contributed by atoms with Gasteiger partial charge >= 0.3 is 10.2 Å². The number of benzene rings is 1. The second kappa shape index (κ2) is 3.71. The Kier molecular flexibility index (Phi) is 2.51. The topological polar surface area (TPSA) is 52.0 Å². The van der Waals surface area contributed by atoms with Crippen molar-refractivity contribution in [1.29, 1.82) is 0 Å². The van der Waals surface area contributed by atoms with Crippen molar-refractivity contribution in [2.45, 2.75) is 4.90 Å². The molecular formula is C10H9FN2O2S. The molecule has 0 atom stereocenters. The highest BCUT2D eigenvalue weighted by Crippen LogP contribution is 2.26. The summed E-state index contributed by atoms with van der Waals surface area (Å²) in [4.78, 5) is -0.402. The van der Waals surface area contributed by atoms with Crippen LogP contribution in [-0.2, 0) is 17.3 Å². The summed E-state index contributed by atoms with van der Waals surface area (Å²) in [5.41, 5.74) is 0.699. The Hall–Kier alpha value is -1.69. The van der Waals surface area contributed by atoms with E-state index in [9.17, 15) is 12.3 Å². The van der Waals surface area contributed by atoms with E-state index in [0.29, 0.717) is 5.56 Å². The molecule has 0 radical (unpaired) electrons. The Bertz CT molecular complexity index is 605. The highest BCUT2D eigenvalue weighted by atomic mass is 32.3. The first kappa shape index (κ1) is 10.8. The lowest BCUT2D eigenvalue weighted by Gasteiger charge is -1.97. The Morgan fingerprint density at radius 3 is 2.44 bits per heavy atom. The molecule has 84 valence electrons. The van der Waals surface area contributed by atoms with Gasteiger partial charge < -0.3 is 0 Å². The molecule has 0 amide bonds. The second-order valence-electron chi connectivity index (χ2n) is 3.32. The van der Waals surface area contributed by atoms with Gasteiger partial charge in [-0.25, -0.2) is 0 Å². The largest absolute Gasteiger partial charge is 0.335 e. The molecule has 0 saturated heterocycles. The molecule has 16 heavy (non-hydrogen) atoms. The van der Waals surface area contributed by atoms with Crippen molar-refractivity contribution >= 4 is 10.2 Å². The third kappa shape index (κ3) is 1.96. The van der Waals surface area contributed by atoms with Crippen molar-refractivity contribution in [2.75, 3.05) is 0 Å². The van der Waals surface area contributed by atoms with Gasteiger partial charge in [0, 0.05) is 18.8 Å². The Labute approximate surface area is 92.5 Å². The molecule has 6 heteroatoms. The molecular weight excluding hydrogens is 231 g/mol. The van der Waals surface area contributed by atoms with Crippen LogP contribution >= 0.6 is 0 Å². The van der Waals surface area contributed by atoms with Gasteiger partial charge in [0.05, 0.1) is 0 Å². The maximum atomic E-state index is 13.0. The van der Waals surface area contributed by atoms with Gasteiger partial charge in [-0.15, -0.1) is 3.89 Å². The number of nitrogens with zero attached hydrogens (tertiary/aromatic N) is 2. The lowest BCUT2D eigenvalue weighted by molar-refractivity contribution is 0.552. The molecule has 4 nitrogen and oxygen atoms in total. The molecule has 0 aliphatic heterocycles. The number of hydrogen-bond acceptors (Lipinski definition) is 3. The minimum Gasteiger partial charge on any atom is -0.274 e. The molecule has 0 aliphatic rings. The zero-order chi connectivity index (χ0) is 11.8. The predicted molar refractivity (Wildman–Crippen MR) is 56.9 cm³/mol. The molecule has 1 heterocycles. The molecule has 2 aromatic rings. The van der Waals surface area contributed by atoms with E-state index < -0.39 is 15.1 Å². The Morgan fingerprint density at radius 2 is 1.88 bits per heavy atom. The van der Waals surface area contributed by atoms with Crippen LogP contribution in [-0.4, -0.2) is 18.2 Å². The summed E-state index contributed by atoms with van der Waals surface area (Å²) in [6.45, 7) is 0. The first-order chi connectivity index (χ1) is 7.48. The van der Waals surface area contributed by atoms with Crippen LogP contribution in [0.3, 0.4) is 0 Å². The average Bonchev–Trinajstić information content (AvgIpc) is 2.61. The number of rotatable bonds is 2. The van der Waals surface area contributed by atoms with Crippen LogP contribution < -0.4 is 0 Å². The van der Waals surface area contributed by atoms with Crippen LogP contribution in [0.25, 0.3) is 11.3 Å². The van der Waals surface area contributed by atoms with E-state index in [1.165, 1.54) is 4.68 Å². The van der Waals surface area contributed by atoms with Crippen molar-refractivity contribution in [3.8, 4) is 11.3 Å². The fourth-order valence-corrected chi connectivity index (χ4v) is 2.11. The highest BCUT2D eigenvalue weighted by Gasteiger charge is 2.21. The van der Waals surface area contributed by atoms with Crippen molar-refractivity contribution in [3.63, 3.8) is 0 Å². The smallest absolute Gasteiger partial charge is 0.274 e. The van der Waals surface area contributed by atoms with E-state index in [-0.39, 0.29) is 5.69 Å². The van der Waals surface area contributed by atoms with E-state index in [0.717, 1.165) is 6.20 Å². The van der Waals surface area contributed by atoms with Gasteiger partial charge in [0.25, 0.3) is 0 Å². The molecule has 0 bridgehead atoms. The van der Waals surface area contributed by atoms with Crippen molar-refractivity contribution in [1.82, 2.24) is 9.78 Å². The van der Waals surface area contributed by atoms with Crippen LogP contribution in [0.1, 0.15) is 0 Å². The third-order valence-corrected chi connectivity index (χ3v) is 2.93. The summed E-state index contributed by atoms with van der Waals surface area (Å²) in [5, 5.41) is 3.94. The summed E-state index contributed by atoms with van der Waals surface area (Å²) in [7, 11) is -3.20. The fourth-order valence-electron chi connectivity index (χ4n) is 1.44. The fraction of sp³-hybridized carbons (Fsp3) is 0.100. The van der Waals surface area contributed by atoms with E-state index in [1.807, 2.05) is 0 Å². The number of aryl methyl sites for hydroxylation is 1. The van der Waals surface area contributed by atoms with Crippen molar-refractivity contribution < 1.29 is 12.3 Å². The molecule has 0 aliphatic carbocycles. The monoisotopic (exact) mass is 240 g/mol. The van der Waals surface area contributed by atoms with Crippen LogP contribution in [0, 0.1) is 0 Å². The first-order valence-electron chi connectivity index (χ1n) is 4.52. The normalized spacial score (nSPS) is 11.6. The van der Waals surface area contributed by atoms with Gasteiger partial charge in [0.2, 0.25) is 0 Å². The van der Waals surface area contributed by atoms with Gasteiger partial charge in [-0.2, -0.15) is 13.5 Å². The molecule has 1 aromatic carbocycles. The molecule has 0 saturated carbocycles. The summed E-state index contributed by atoms with van der Waals surface area (Å²) >= 11 is 0. The Balaban J connectivity index is 2.67. The van der Waals surface area contributed by atoms with E-state index in [4.69, 9.17) is 0 Å². The van der Waals surface area contributed by atoms with Crippen LogP contribution in [0.4, 0.5) is 3.89 Å². The zero-order valence-corrected chi connectivity index (χ0v) is 9.28. The van der Waals surface area contributed by atoms with Gasteiger partial charge in [-0.05, 0) is 0 Å². The molecule has 0 spiro atoms. The minimum absolute atomic E-state index is 0.130. The van der Waals surface area contributed by atoms with E-state index in [2.05, 4.69) is 5.10 Å². The number of hydrogen-bond donors (Lipinski definition) is 0. The number of aromatic nitrogens is 2. The van der Waals surface area contributed by atoms with Crippen LogP contribution in [0.5, 0.6) is 0 Å². The van der Waals surface area contributed by atoms with Gasteiger partial charge in [-0.3, -0.25) is 4.68 Å². The highest BCUT2D eigenvalue weighted by molar-refractivity contribution is 7.86. The molecule has 0 unspecified atom stereocenters. The Morgan fingerprint density at radius 1 is 1.25 bits per heavy atom. The summed E-state index contributed by atoms with van der Waals surface area (Å²) < 4.78 is 36.1. The quantitative estimate of drug-likeness (QED) is 0.751. The van der Waals surface area contributed by atoms with Crippen LogP contribution in [0.2, 0.25) is 0 Å². The van der Waals surface area contributed by atoms with Gasteiger partial charge in [0.15, 0.2) is 0 Å². The maximum absolute atomic E-state index is 13.0. The second-order valence-corrected chi connectivity index (χ2v) is 4.64. The third-order valence-electron chi connectivity index (χ3n) is 2.11. The summed E-state index contributed by atoms with van der Waals surface area (Å²) in [6, 6.07) is 8.61. The maximum Gasteiger partial charge on any atom is 0.335 e. The van der Waals surface area contributed by atoms with Gasteiger partial charge in [0.1, 0.15) is 10.6 Å². The summed E-state index contributed by atoms with van der Waals surface area (Å²) in [6.07, 6.45) is 1.15. The van der Waals surface area contributed by atoms with E-state index in [1.54, 1.807) is 37.4 Å². The van der Waals surface area contributed by atoms with Crippen LogP contribution in [0.15, 0.2) is 41.4 Å². The lowest BCUT2D eigenvalue weighted by atomic mass is 10.2. The lowest BCUT2D eigenvalue weighted by Crippen LogP contribution is -1.92. The standard InChI is InChI=1S/C10H9FN2O2S/c1-13-7-9(16(11,14)15)10(12-13)8-5-3-2-4-6-8/h2-7H,1H3. The summed E-state index contributed by atoms with van der Waals surface area (Å²) in [5.74, 6) is 0. The molecule has 1 aromatic heterocycles. The predicted octanol–water partition coefficient (Wildman–Crippen LogP) is 1.75. The molecule has 0 N–H and O–H groups in total. The number of halogens is 1. The van der Waals surface area contributed by atoms with Gasteiger partial charge in [-0.1, -0.05) is 30.3 Å².